The molecule has 0 fully saturated rings. The van der Waals surface area contributed by atoms with E-state index in [1.807, 2.05) is 79.7 Å². The van der Waals surface area contributed by atoms with Gasteiger partial charge in [-0.2, -0.15) is 0 Å². The van der Waals surface area contributed by atoms with Crippen LogP contribution in [-0.2, 0) is 4.79 Å². The van der Waals surface area contributed by atoms with Crippen LogP contribution in [0.3, 0.4) is 0 Å². The van der Waals surface area contributed by atoms with Crippen LogP contribution >= 0.6 is 31.9 Å². The third-order valence-corrected chi connectivity index (χ3v) is 5.77. The van der Waals surface area contributed by atoms with Gasteiger partial charge in [-0.15, -0.1) is 0 Å². The Balaban J connectivity index is 1.77. The molecule has 0 aromatic heterocycles. The van der Waals surface area contributed by atoms with E-state index < -0.39 is 0 Å². The first-order valence-corrected chi connectivity index (χ1v) is 11.0. The van der Waals surface area contributed by atoms with Crippen molar-refractivity contribution in [1.82, 2.24) is 0 Å². The number of benzene rings is 3. The van der Waals surface area contributed by atoms with E-state index in [1.165, 1.54) is 0 Å². The Labute approximate surface area is 192 Å². The van der Waals surface area contributed by atoms with E-state index >= 15 is 0 Å². The maximum atomic E-state index is 13.4. The topological polar surface area (TPSA) is 41.9 Å². The number of amidine groups is 1. The molecule has 0 radical (unpaired) electrons. The minimum Gasteiger partial charge on any atom is -0.494 e. The van der Waals surface area contributed by atoms with Gasteiger partial charge in [0.25, 0.3) is 5.91 Å². The molecular formula is C24H18Br2N2O2. The fraction of sp³-hybridized carbons (Fsp3) is 0.0833. The van der Waals surface area contributed by atoms with Gasteiger partial charge in [0.2, 0.25) is 0 Å². The van der Waals surface area contributed by atoms with Gasteiger partial charge in [0.05, 0.1) is 12.3 Å². The van der Waals surface area contributed by atoms with Gasteiger partial charge in [-0.05, 0) is 61.0 Å². The Bertz CT molecular complexity index is 1140. The van der Waals surface area contributed by atoms with Gasteiger partial charge in [0, 0.05) is 14.5 Å². The van der Waals surface area contributed by atoms with Crippen LogP contribution in [0.5, 0.6) is 5.75 Å². The Kier molecular flexibility index (Phi) is 6.16. The van der Waals surface area contributed by atoms with Gasteiger partial charge in [-0.1, -0.05) is 62.2 Å². The van der Waals surface area contributed by atoms with E-state index in [0.717, 1.165) is 31.5 Å². The Morgan fingerprint density at radius 1 is 0.967 bits per heavy atom. The zero-order chi connectivity index (χ0) is 21.1. The van der Waals surface area contributed by atoms with E-state index in [4.69, 9.17) is 9.73 Å². The summed E-state index contributed by atoms with van der Waals surface area (Å²) in [6.45, 7) is 2.56. The van der Waals surface area contributed by atoms with Gasteiger partial charge >= 0.3 is 0 Å². The van der Waals surface area contributed by atoms with Crippen LogP contribution in [-0.4, -0.2) is 18.3 Å². The van der Waals surface area contributed by atoms with E-state index in [0.29, 0.717) is 18.1 Å². The van der Waals surface area contributed by atoms with Crippen molar-refractivity contribution in [2.24, 2.45) is 4.99 Å². The molecule has 1 aliphatic heterocycles. The molecule has 4 nitrogen and oxygen atoms in total. The van der Waals surface area contributed by atoms with Gasteiger partial charge in [0.1, 0.15) is 17.3 Å². The van der Waals surface area contributed by atoms with Crippen molar-refractivity contribution in [2.75, 3.05) is 11.5 Å². The normalized spacial score (nSPS) is 14.9. The summed E-state index contributed by atoms with van der Waals surface area (Å²) in [7, 11) is 0. The molecule has 0 unspecified atom stereocenters. The highest BCUT2D eigenvalue weighted by Gasteiger charge is 2.33. The van der Waals surface area contributed by atoms with Gasteiger partial charge in [-0.3, -0.25) is 9.69 Å². The van der Waals surface area contributed by atoms with Gasteiger partial charge < -0.3 is 4.74 Å². The molecule has 1 heterocycles. The Morgan fingerprint density at radius 3 is 2.33 bits per heavy atom. The van der Waals surface area contributed by atoms with E-state index in [2.05, 4.69) is 31.9 Å². The third kappa shape index (κ3) is 4.25. The van der Waals surface area contributed by atoms with Crippen molar-refractivity contribution >= 4 is 55.4 Å². The summed E-state index contributed by atoms with van der Waals surface area (Å²) in [5.74, 6) is 1.22. The number of anilines is 1. The van der Waals surface area contributed by atoms with Crippen LogP contribution in [0.1, 0.15) is 18.1 Å². The summed E-state index contributed by atoms with van der Waals surface area (Å²) < 4.78 is 7.31. The quantitative estimate of drug-likeness (QED) is 0.359. The molecule has 30 heavy (non-hydrogen) atoms. The molecule has 0 saturated heterocycles. The van der Waals surface area contributed by atoms with Crippen molar-refractivity contribution in [3.05, 3.63) is 98.6 Å². The molecule has 6 heteroatoms. The van der Waals surface area contributed by atoms with Crippen LogP contribution in [0.15, 0.2) is 92.4 Å². The fourth-order valence-corrected chi connectivity index (χ4v) is 3.88. The lowest BCUT2D eigenvalue weighted by Gasteiger charge is -2.19. The minimum absolute atomic E-state index is 0.169. The van der Waals surface area contributed by atoms with Crippen LogP contribution in [0, 0.1) is 0 Å². The molecule has 0 saturated carbocycles. The average Bonchev–Trinajstić information content (AvgIpc) is 3.06. The first kappa shape index (κ1) is 20.6. The number of nitrogens with zero attached hydrogens (tertiary/aromatic N) is 2. The van der Waals surface area contributed by atoms with Crippen LogP contribution in [0.4, 0.5) is 5.69 Å². The van der Waals surface area contributed by atoms with Crippen molar-refractivity contribution in [1.29, 1.82) is 0 Å². The second kappa shape index (κ2) is 8.98. The molecule has 0 N–H and O–H groups in total. The maximum absolute atomic E-state index is 13.4. The zero-order valence-corrected chi connectivity index (χ0v) is 19.4. The lowest BCUT2D eigenvalue weighted by atomic mass is 10.1. The fourth-order valence-electron chi connectivity index (χ4n) is 3.15. The largest absolute Gasteiger partial charge is 0.494 e. The summed E-state index contributed by atoms with van der Waals surface area (Å²) in [6, 6.07) is 23.0. The van der Waals surface area contributed by atoms with E-state index in [9.17, 15) is 4.79 Å². The molecule has 1 amide bonds. The second-order valence-electron chi connectivity index (χ2n) is 6.56. The lowest BCUT2D eigenvalue weighted by molar-refractivity contribution is -0.113. The maximum Gasteiger partial charge on any atom is 0.282 e. The molecular weight excluding hydrogens is 508 g/mol. The smallest absolute Gasteiger partial charge is 0.282 e. The molecule has 0 aliphatic carbocycles. The molecule has 1 aliphatic rings. The minimum atomic E-state index is -0.169. The van der Waals surface area contributed by atoms with Crippen molar-refractivity contribution < 1.29 is 9.53 Å². The monoisotopic (exact) mass is 524 g/mol. The van der Waals surface area contributed by atoms with Crippen LogP contribution < -0.4 is 9.64 Å². The predicted octanol–water partition coefficient (Wildman–Crippen LogP) is 6.44. The summed E-state index contributed by atoms with van der Waals surface area (Å²) in [6.07, 6.45) is 1.80. The summed E-state index contributed by atoms with van der Waals surface area (Å²) >= 11 is 7.04. The standard InChI is InChI=1S/C24H18Br2N2O2/c1-2-30-19-13-7-16(8-14-19)15-22-24(29)28(18-11-9-17(25)10-12-18)23(27-22)20-5-3-4-6-21(20)26/h3-15H,2H2,1H3/b22-15+. The molecule has 0 atom stereocenters. The lowest BCUT2D eigenvalue weighted by Crippen LogP contribution is -2.32. The number of carbonyl (C=O) groups excluding carboxylic acids is 1. The van der Waals surface area contributed by atoms with Gasteiger partial charge in [-0.25, -0.2) is 4.99 Å². The van der Waals surface area contributed by atoms with Gasteiger partial charge in [0.15, 0.2) is 0 Å². The highest BCUT2D eigenvalue weighted by atomic mass is 79.9. The van der Waals surface area contributed by atoms with Crippen molar-refractivity contribution in [3.63, 3.8) is 0 Å². The molecule has 3 aromatic rings. The van der Waals surface area contributed by atoms with E-state index in [-0.39, 0.29) is 5.91 Å². The number of hydrogen-bond acceptors (Lipinski definition) is 3. The second-order valence-corrected chi connectivity index (χ2v) is 8.33. The van der Waals surface area contributed by atoms with Crippen molar-refractivity contribution in [3.8, 4) is 5.75 Å². The summed E-state index contributed by atoms with van der Waals surface area (Å²) in [4.78, 5) is 19.7. The molecule has 150 valence electrons. The van der Waals surface area contributed by atoms with E-state index in [1.54, 1.807) is 11.0 Å². The Hall–Kier alpha value is -2.70. The summed E-state index contributed by atoms with van der Waals surface area (Å²) in [5.41, 5.74) is 2.87. The van der Waals surface area contributed by atoms with Crippen LogP contribution in [0.25, 0.3) is 6.08 Å². The molecule has 4 rings (SSSR count). The SMILES string of the molecule is CCOc1ccc(/C=C2/N=C(c3ccccc3Br)N(c3ccc(Br)cc3)C2=O)cc1. The molecule has 3 aromatic carbocycles. The third-order valence-electron chi connectivity index (χ3n) is 4.55. The number of ether oxygens (including phenoxy) is 1. The number of halogens is 2. The zero-order valence-electron chi connectivity index (χ0n) is 16.2. The summed E-state index contributed by atoms with van der Waals surface area (Å²) in [5, 5.41) is 0. The number of aliphatic imine (C=N–C) groups is 1. The number of carbonyl (C=O) groups is 1. The van der Waals surface area contributed by atoms with Crippen molar-refractivity contribution in [2.45, 2.75) is 6.92 Å². The molecule has 0 bridgehead atoms. The first-order valence-electron chi connectivity index (χ1n) is 9.45. The number of amides is 1. The number of rotatable bonds is 5. The highest BCUT2D eigenvalue weighted by Crippen LogP contribution is 2.31. The number of hydrogen-bond donors (Lipinski definition) is 0. The highest BCUT2D eigenvalue weighted by molar-refractivity contribution is 9.10. The van der Waals surface area contributed by atoms with Crippen LogP contribution in [0.2, 0.25) is 0 Å². The average molecular weight is 526 g/mol. The predicted molar refractivity (Wildman–Crippen MR) is 128 cm³/mol. The molecule has 0 spiro atoms. The Morgan fingerprint density at radius 2 is 1.67 bits per heavy atom. The first-order chi connectivity index (χ1) is 14.6.